The average molecular weight is 338 g/mol. The number of nitrogens with one attached hydrogen (secondary N) is 1. The summed E-state index contributed by atoms with van der Waals surface area (Å²) in [6.45, 7) is 9.32. The second kappa shape index (κ2) is 8.48. The second-order valence-corrected chi connectivity index (χ2v) is 6.81. The zero-order chi connectivity index (χ0) is 18.4. The van der Waals surface area contributed by atoms with E-state index >= 15 is 0 Å². The Kier molecular flexibility index (Phi) is 6.35. The molecule has 0 saturated carbocycles. The quantitative estimate of drug-likeness (QED) is 0.835. The number of anilines is 1. The summed E-state index contributed by atoms with van der Waals surface area (Å²) in [6, 6.07) is 9.51. The molecule has 132 valence electrons. The molecule has 0 aliphatic carbocycles. The van der Waals surface area contributed by atoms with Crippen molar-refractivity contribution >= 4 is 11.6 Å². The molecule has 0 bridgehead atoms. The van der Waals surface area contributed by atoms with Crippen LogP contribution in [0.4, 0.5) is 5.69 Å². The van der Waals surface area contributed by atoms with Crippen molar-refractivity contribution < 1.29 is 4.79 Å². The third-order valence-electron chi connectivity index (χ3n) is 4.19. The molecule has 0 fully saturated rings. The number of nitriles is 1. The molecule has 0 aliphatic heterocycles. The summed E-state index contributed by atoms with van der Waals surface area (Å²) in [5.41, 5.74) is 5.03. The predicted molar refractivity (Wildman–Crippen MR) is 99.2 cm³/mol. The second-order valence-electron chi connectivity index (χ2n) is 6.81. The highest BCUT2D eigenvalue weighted by Crippen LogP contribution is 2.17. The van der Waals surface area contributed by atoms with Crippen LogP contribution >= 0.6 is 0 Å². The first-order valence-electron chi connectivity index (χ1n) is 8.69. The molecule has 0 radical (unpaired) electrons. The van der Waals surface area contributed by atoms with Crippen molar-refractivity contribution in [3.8, 4) is 6.07 Å². The lowest BCUT2D eigenvalue weighted by molar-refractivity contribution is -0.116. The van der Waals surface area contributed by atoms with Crippen molar-refractivity contribution in [2.24, 2.45) is 5.92 Å². The van der Waals surface area contributed by atoms with Crippen LogP contribution in [0.3, 0.4) is 0 Å². The van der Waals surface area contributed by atoms with Gasteiger partial charge in [0.15, 0.2) is 0 Å². The lowest BCUT2D eigenvalue weighted by Gasteiger charge is -2.08. The maximum absolute atomic E-state index is 12.2. The number of hydrogen-bond donors (Lipinski definition) is 1. The Balaban J connectivity index is 1.94. The number of amides is 1. The molecule has 1 heterocycles. The monoisotopic (exact) mass is 338 g/mol. The van der Waals surface area contributed by atoms with Crippen molar-refractivity contribution in [3.05, 3.63) is 46.8 Å². The van der Waals surface area contributed by atoms with Gasteiger partial charge in [0.05, 0.1) is 18.2 Å². The van der Waals surface area contributed by atoms with Gasteiger partial charge in [0, 0.05) is 24.3 Å². The van der Waals surface area contributed by atoms with Crippen molar-refractivity contribution in [3.63, 3.8) is 0 Å². The average Bonchev–Trinajstić information content (AvgIpc) is 2.81. The van der Waals surface area contributed by atoms with Gasteiger partial charge in [0.2, 0.25) is 5.91 Å². The normalized spacial score (nSPS) is 10.7. The van der Waals surface area contributed by atoms with Gasteiger partial charge in [-0.2, -0.15) is 10.4 Å². The Morgan fingerprint density at radius 3 is 2.56 bits per heavy atom. The maximum atomic E-state index is 12.2. The Hall–Kier alpha value is -2.61. The molecule has 2 rings (SSSR count). The highest BCUT2D eigenvalue weighted by Gasteiger charge is 2.14. The Morgan fingerprint density at radius 2 is 1.96 bits per heavy atom. The highest BCUT2D eigenvalue weighted by atomic mass is 16.1. The van der Waals surface area contributed by atoms with E-state index in [2.05, 4.69) is 37.3 Å². The topological polar surface area (TPSA) is 70.7 Å². The van der Waals surface area contributed by atoms with Crippen LogP contribution < -0.4 is 5.32 Å². The van der Waals surface area contributed by atoms with Gasteiger partial charge in [-0.3, -0.25) is 9.48 Å². The fraction of sp³-hybridized carbons (Fsp3) is 0.450. The third-order valence-corrected chi connectivity index (χ3v) is 4.19. The van der Waals surface area contributed by atoms with Gasteiger partial charge in [-0.1, -0.05) is 26.0 Å². The molecule has 0 aliphatic rings. The Bertz CT molecular complexity index is 766. The van der Waals surface area contributed by atoms with Gasteiger partial charge in [0.1, 0.15) is 0 Å². The zero-order valence-electron chi connectivity index (χ0n) is 15.5. The van der Waals surface area contributed by atoms with Gasteiger partial charge in [0.25, 0.3) is 0 Å². The number of aryl methyl sites for hydroxylation is 1. The van der Waals surface area contributed by atoms with Crippen LogP contribution in [-0.2, 0) is 24.2 Å². The number of aromatic nitrogens is 2. The number of carbonyl (C=O) groups is 1. The van der Waals surface area contributed by atoms with E-state index < -0.39 is 0 Å². The molecule has 2 aromatic rings. The molecule has 1 amide bonds. The van der Waals surface area contributed by atoms with E-state index in [0.717, 1.165) is 29.2 Å². The van der Waals surface area contributed by atoms with E-state index in [9.17, 15) is 4.79 Å². The van der Waals surface area contributed by atoms with Crippen molar-refractivity contribution in [1.29, 1.82) is 5.26 Å². The minimum absolute atomic E-state index is 0.0107. The fourth-order valence-electron chi connectivity index (χ4n) is 2.88. The number of rotatable bonds is 7. The van der Waals surface area contributed by atoms with Crippen LogP contribution in [0.25, 0.3) is 0 Å². The summed E-state index contributed by atoms with van der Waals surface area (Å²) < 4.78 is 2.04. The van der Waals surface area contributed by atoms with E-state index in [1.54, 1.807) is 0 Å². The maximum Gasteiger partial charge on any atom is 0.224 e. The lowest BCUT2D eigenvalue weighted by Crippen LogP contribution is -2.13. The molecule has 5 heteroatoms. The SMILES string of the molecule is Cc1nn(CC(C)C)c(C)c1CCC(=O)Nc1ccc(CC#N)cc1. The molecule has 0 unspecified atom stereocenters. The van der Waals surface area contributed by atoms with Crippen LogP contribution in [0.5, 0.6) is 0 Å². The van der Waals surface area contributed by atoms with Crippen LogP contribution in [-0.4, -0.2) is 15.7 Å². The van der Waals surface area contributed by atoms with Crippen molar-refractivity contribution in [2.75, 3.05) is 5.32 Å². The molecule has 1 aromatic heterocycles. The third kappa shape index (κ3) is 5.18. The molecule has 0 saturated heterocycles. The van der Waals surface area contributed by atoms with Gasteiger partial charge in [-0.15, -0.1) is 0 Å². The summed E-state index contributed by atoms with van der Waals surface area (Å²) >= 11 is 0. The zero-order valence-corrected chi connectivity index (χ0v) is 15.5. The van der Waals surface area contributed by atoms with E-state index in [0.29, 0.717) is 25.2 Å². The first-order valence-corrected chi connectivity index (χ1v) is 8.69. The minimum Gasteiger partial charge on any atom is -0.326 e. The van der Waals surface area contributed by atoms with Gasteiger partial charge in [-0.05, 0) is 49.4 Å². The molecular formula is C20H26N4O. The number of nitrogens with zero attached hydrogens (tertiary/aromatic N) is 3. The number of hydrogen-bond acceptors (Lipinski definition) is 3. The van der Waals surface area contributed by atoms with E-state index in [1.165, 1.54) is 5.56 Å². The summed E-state index contributed by atoms with van der Waals surface area (Å²) in [4.78, 5) is 12.2. The van der Waals surface area contributed by atoms with Gasteiger partial charge >= 0.3 is 0 Å². The number of carbonyl (C=O) groups excluding carboxylic acids is 1. The Labute approximate surface area is 149 Å². The summed E-state index contributed by atoms with van der Waals surface area (Å²) in [6.07, 6.45) is 1.50. The molecule has 0 atom stereocenters. The standard InChI is InChI=1S/C20H26N4O/c1-14(2)13-24-16(4)19(15(3)23-24)9-10-20(25)22-18-7-5-17(6-8-18)11-12-21/h5-8,14H,9-11,13H2,1-4H3,(H,22,25). The molecule has 5 nitrogen and oxygen atoms in total. The molecule has 1 N–H and O–H groups in total. The largest absolute Gasteiger partial charge is 0.326 e. The van der Waals surface area contributed by atoms with E-state index in [1.807, 2.05) is 35.9 Å². The van der Waals surface area contributed by atoms with Crippen LogP contribution in [0.1, 0.15) is 42.8 Å². The first-order chi connectivity index (χ1) is 11.9. The first kappa shape index (κ1) is 18.7. The lowest BCUT2D eigenvalue weighted by atomic mass is 10.1. The van der Waals surface area contributed by atoms with E-state index in [4.69, 9.17) is 5.26 Å². The molecule has 1 aromatic carbocycles. The van der Waals surface area contributed by atoms with Crippen LogP contribution in [0.15, 0.2) is 24.3 Å². The predicted octanol–water partition coefficient (Wildman–Crippen LogP) is 3.79. The molecular weight excluding hydrogens is 312 g/mol. The summed E-state index contributed by atoms with van der Waals surface area (Å²) in [5.74, 6) is 0.529. The summed E-state index contributed by atoms with van der Waals surface area (Å²) in [5, 5.41) is 16.2. The van der Waals surface area contributed by atoms with E-state index in [-0.39, 0.29) is 5.91 Å². The molecule has 25 heavy (non-hydrogen) atoms. The van der Waals surface area contributed by atoms with Gasteiger partial charge < -0.3 is 5.32 Å². The highest BCUT2D eigenvalue weighted by molar-refractivity contribution is 5.90. The van der Waals surface area contributed by atoms with Gasteiger partial charge in [-0.25, -0.2) is 0 Å². The fourth-order valence-corrected chi connectivity index (χ4v) is 2.88. The van der Waals surface area contributed by atoms with Crippen molar-refractivity contribution in [1.82, 2.24) is 9.78 Å². The minimum atomic E-state index is -0.0107. The summed E-state index contributed by atoms with van der Waals surface area (Å²) in [7, 11) is 0. The molecule has 0 spiro atoms. The Morgan fingerprint density at radius 1 is 1.28 bits per heavy atom. The van der Waals surface area contributed by atoms with Crippen LogP contribution in [0, 0.1) is 31.1 Å². The van der Waals surface area contributed by atoms with Crippen molar-refractivity contribution in [2.45, 2.75) is 53.5 Å². The van der Waals surface area contributed by atoms with Crippen LogP contribution in [0.2, 0.25) is 0 Å². The number of benzene rings is 1. The smallest absolute Gasteiger partial charge is 0.224 e.